The number of methoxy groups -OCH3 is 3. The third-order valence-corrected chi connectivity index (χ3v) is 4.42. The molecule has 134 valence electrons. The summed E-state index contributed by atoms with van der Waals surface area (Å²) in [5.74, 6) is 2.25. The molecule has 2 aromatic carbocycles. The molecule has 0 radical (unpaired) electrons. The van der Waals surface area contributed by atoms with Crippen LogP contribution in [0.15, 0.2) is 52.9 Å². The van der Waals surface area contributed by atoms with Crippen LogP contribution >= 0.6 is 11.3 Å². The first-order chi connectivity index (χ1) is 12.7. The van der Waals surface area contributed by atoms with Crippen LogP contribution in [0.3, 0.4) is 0 Å². The summed E-state index contributed by atoms with van der Waals surface area (Å²) in [6, 6.07) is 13.3. The lowest BCUT2D eigenvalue weighted by Crippen LogP contribution is -1.95. The smallest absolute Gasteiger partial charge is 0.203 e. The first-order valence-electron chi connectivity index (χ1n) is 7.84. The summed E-state index contributed by atoms with van der Waals surface area (Å²) in [5, 5.41) is 6.92. The van der Waals surface area contributed by atoms with Gasteiger partial charge < -0.3 is 14.2 Å². The number of hydrogen-bond donors (Lipinski definition) is 1. The largest absolute Gasteiger partial charge is 0.497 e. The van der Waals surface area contributed by atoms with Crippen LogP contribution in [0.25, 0.3) is 11.3 Å². The minimum absolute atomic E-state index is 0.695. The SMILES string of the molecule is COc1cccc(-c2csc(N/N=C\c3cc(OC)ccc3OC)n2)c1. The second-order valence-corrected chi connectivity index (χ2v) is 6.11. The molecule has 0 saturated carbocycles. The average Bonchev–Trinajstić information content (AvgIpc) is 3.17. The monoisotopic (exact) mass is 369 g/mol. The third kappa shape index (κ3) is 4.12. The van der Waals surface area contributed by atoms with Gasteiger partial charge >= 0.3 is 0 Å². The number of rotatable bonds is 7. The Morgan fingerprint density at radius 3 is 2.58 bits per heavy atom. The highest BCUT2D eigenvalue weighted by Gasteiger charge is 2.06. The van der Waals surface area contributed by atoms with Crippen molar-refractivity contribution in [2.24, 2.45) is 5.10 Å². The summed E-state index contributed by atoms with van der Waals surface area (Å²) in [4.78, 5) is 4.55. The Balaban J connectivity index is 1.73. The summed E-state index contributed by atoms with van der Waals surface area (Å²) >= 11 is 1.48. The maximum absolute atomic E-state index is 5.33. The molecule has 7 heteroatoms. The van der Waals surface area contributed by atoms with Gasteiger partial charge in [-0.1, -0.05) is 12.1 Å². The minimum Gasteiger partial charge on any atom is -0.497 e. The molecule has 6 nitrogen and oxygen atoms in total. The molecule has 0 fully saturated rings. The van der Waals surface area contributed by atoms with Crippen LogP contribution < -0.4 is 19.6 Å². The molecular formula is C19H19N3O3S. The van der Waals surface area contributed by atoms with Crippen LogP contribution in [0.5, 0.6) is 17.2 Å². The summed E-state index contributed by atoms with van der Waals surface area (Å²) < 4.78 is 15.8. The van der Waals surface area contributed by atoms with Crippen LogP contribution in [0.1, 0.15) is 5.56 Å². The Bertz CT molecular complexity index is 909. The Morgan fingerprint density at radius 1 is 1.00 bits per heavy atom. The van der Waals surface area contributed by atoms with Gasteiger partial charge in [0.15, 0.2) is 0 Å². The first kappa shape index (κ1) is 17.8. The molecule has 0 spiro atoms. The lowest BCUT2D eigenvalue weighted by molar-refractivity contribution is 0.402. The van der Waals surface area contributed by atoms with E-state index in [2.05, 4.69) is 15.5 Å². The van der Waals surface area contributed by atoms with Crippen LogP contribution in [0.2, 0.25) is 0 Å². The summed E-state index contributed by atoms with van der Waals surface area (Å²) in [7, 11) is 4.89. The van der Waals surface area contributed by atoms with Crippen molar-refractivity contribution in [3.05, 3.63) is 53.4 Å². The molecule has 0 aliphatic rings. The zero-order chi connectivity index (χ0) is 18.4. The van der Waals surface area contributed by atoms with E-state index >= 15 is 0 Å². The van der Waals surface area contributed by atoms with Gasteiger partial charge in [0.25, 0.3) is 0 Å². The number of nitrogens with zero attached hydrogens (tertiary/aromatic N) is 2. The van der Waals surface area contributed by atoms with Gasteiger partial charge in [-0.05, 0) is 30.3 Å². The van der Waals surface area contributed by atoms with Crippen LogP contribution in [0.4, 0.5) is 5.13 Å². The molecule has 3 rings (SSSR count). The lowest BCUT2D eigenvalue weighted by Gasteiger charge is -2.06. The molecule has 0 unspecified atom stereocenters. The molecule has 3 aromatic rings. The molecule has 0 saturated heterocycles. The van der Waals surface area contributed by atoms with Crippen molar-refractivity contribution in [1.82, 2.24) is 4.98 Å². The van der Waals surface area contributed by atoms with Crippen molar-refractivity contribution in [3.8, 4) is 28.5 Å². The van der Waals surface area contributed by atoms with E-state index in [1.54, 1.807) is 27.5 Å². The van der Waals surface area contributed by atoms with Crippen LogP contribution in [0, 0.1) is 0 Å². The number of hydrazone groups is 1. The quantitative estimate of drug-likeness (QED) is 0.497. The van der Waals surface area contributed by atoms with E-state index in [1.807, 2.05) is 47.8 Å². The third-order valence-electron chi connectivity index (χ3n) is 3.67. The van der Waals surface area contributed by atoms with Gasteiger partial charge in [-0.15, -0.1) is 11.3 Å². The maximum atomic E-state index is 5.33. The van der Waals surface area contributed by atoms with Gasteiger partial charge in [0.1, 0.15) is 17.2 Å². The zero-order valence-electron chi connectivity index (χ0n) is 14.7. The molecule has 1 N–H and O–H groups in total. The Labute approximate surface area is 156 Å². The molecular weight excluding hydrogens is 350 g/mol. The predicted molar refractivity (Wildman–Crippen MR) is 105 cm³/mol. The van der Waals surface area contributed by atoms with E-state index in [0.717, 1.165) is 28.3 Å². The van der Waals surface area contributed by atoms with E-state index in [4.69, 9.17) is 14.2 Å². The fourth-order valence-corrected chi connectivity index (χ4v) is 3.01. The first-order valence-corrected chi connectivity index (χ1v) is 8.72. The van der Waals surface area contributed by atoms with E-state index in [-0.39, 0.29) is 0 Å². The van der Waals surface area contributed by atoms with Gasteiger partial charge in [-0.25, -0.2) is 4.98 Å². The van der Waals surface area contributed by atoms with Crippen molar-refractivity contribution in [1.29, 1.82) is 0 Å². The Hall–Kier alpha value is -3.06. The predicted octanol–water partition coefficient (Wildman–Crippen LogP) is 4.28. The topological polar surface area (TPSA) is 65.0 Å². The molecule has 0 aliphatic heterocycles. The van der Waals surface area contributed by atoms with Crippen molar-refractivity contribution in [3.63, 3.8) is 0 Å². The fourth-order valence-electron chi connectivity index (χ4n) is 2.34. The van der Waals surface area contributed by atoms with E-state index in [0.29, 0.717) is 10.9 Å². The van der Waals surface area contributed by atoms with Gasteiger partial charge in [0.05, 0.1) is 33.2 Å². The second kappa shape index (κ2) is 8.35. The van der Waals surface area contributed by atoms with Crippen molar-refractivity contribution in [2.75, 3.05) is 26.8 Å². The molecule has 0 atom stereocenters. The van der Waals surface area contributed by atoms with E-state index < -0.39 is 0 Å². The average molecular weight is 369 g/mol. The van der Waals surface area contributed by atoms with E-state index in [1.165, 1.54) is 11.3 Å². The van der Waals surface area contributed by atoms with Crippen molar-refractivity contribution in [2.45, 2.75) is 0 Å². The number of ether oxygens (including phenoxy) is 3. The van der Waals surface area contributed by atoms with E-state index in [9.17, 15) is 0 Å². The Morgan fingerprint density at radius 2 is 1.81 bits per heavy atom. The van der Waals surface area contributed by atoms with Gasteiger partial charge in [0.2, 0.25) is 5.13 Å². The molecule has 0 bridgehead atoms. The Kier molecular flexibility index (Phi) is 5.70. The summed E-state index contributed by atoms with van der Waals surface area (Å²) in [6.07, 6.45) is 1.67. The molecule has 1 aromatic heterocycles. The highest BCUT2D eigenvalue weighted by Crippen LogP contribution is 2.27. The van der Waals surface area contributed by atoms with Gasteiger partial charge in [-0.2, -0.15) is 5.10 Å². The number of aromatic nitrogens is 1. The zero-order valence-corrected chi connectivity index (χ0v) is 15.5. The van der Waals surface area contributed by atoms with Crippen molar-refractivity contribution >= 4 is 22.7 Å². The molecule has 0 amide bonds. The summed E-state index contributed by atoms with van der Waals surface area (Å²) in [5.41, 5.74) is 5.62. The normalized spacial score (nSPS) is 10.7. The fraction of sp³-hybridized carbons (Fsp3) is 0.158. The van der Waals surface area contributed by atoms with Crippen LogP contribution in [-0.4, -0.2) is 32.5 Å². The molecule has 1 heterocycles. The summed E-state index contributed by atoms with van der Waals surface area (Å²) in [6.45, 7) is 0. The highest BCUT2D eigenvalue weighted by molar-refractivity contribution is 7.14. The van der Waals surface area contributed by atoms with Gasteiger partial charge in [0, 0.05) is 16.5 Å². The van der Waals surface area contributed by atoms with Crippen molar-refractivity contribution < 1.29 is 14.2 Å². The maximum Gasteiger partial charge on any atom is 0.203 e. The van der Waals surface area contributed by atoms with Crippen LogP contribution in [-0.2, 0) is 0 Å². The number of benzene rings is 2. The molecule has 26 heavy (non-hydrogen) atoms. The number of thiazole rings is 1. The second-order valence-electron chi connectivity index (χ2n) is 5.25. The number of anilines is 1. The standard InChI is InChI=1S/C19H19N3O3S/c1-23-15-6-4-5-13(9-15)17-12-26-19(21-17)22-20-11-14-10-16(24-2)7-8-18(14)25-3/h4-12H,1-3H3,(H,21,22)/b20-11-. The molecule has 0 aliphatic carbocycles. The highest BCUT2D eigenvalue weighted by atomic mass is 32.1. The number of hydrogen-bond acceptors (Lipinski definition) is 7. The lowest BCUT2D eigenvalue weighted by atomic mass is 10.2. The van der Waals surface area contributed by atoms with Gasteiger partial charge in [-0.3, -0.25) is 5.43 Å². The minimum atomic E-state index is 0.695. The number of nitrogens with one attached hydrogen (secondary N) is 1.